The van der Waals surface area contributed by atoms with Crippen LogP contribution < -0.4 is 0 Å². The van der Waals surface area contributed by atoms with Crippen molar-refractivity contribution >= 4 is 27.5 Å². The molecule has 1 N–H and O–H groups in total. The number of aryl methyl sites for hydroxylation is 1. The van der Waals surface area contributed by atoms with Crippen LogP contribution >= 0.6 is 27.5 Å². The summed E-state index contributed by atoms with van der Waals surface area (Å²) in [5.41, 5.74) is 1.10. The van der Waals surface area contributed by atoms with Crippen molar-refractivity contribution in [2.75, 3.05) is 0 Å². The Morgan fingerprint density at radius 1 is 1.59 bits per heavy atom. The van der Waals surface area contributed by atoms with Crippen LogP contribution in [-0.2, 0) is 6.54 Å². The number of aliphatic hydroxyl groups excluding tert-OH is 1. The molecule has 17 heavy (non-hydrogen) atoms. The van der Waals surface area contributed by atoms with E-state index in [9.17, 15) is 5.11 Å². The van der Waals surface area contributed by atoms with E-state index in [1.54, 1.807) is 29.2 Å². The zero-order chi connectivity index (χ0) is 12.4. The number of aromatic nitrogens is 3. The monoisotopic (exact) mass is 315 g/mol. The number of pyridine rings is 1. The first-order valence-corrected chi connectivity index (χ1v) is 6.32. The second kappa shape index (κ2) is 5.16. The summed E-state index contributed by atoms with van der Waals surface area (Å²) in [6.07, 6.45) is 2.37. The number of aliphatic hydroxyl groups is 1. The molecule has 0 bridgehead atoms. The minimum atomic E-state index is -0.888. The van der Waals surface area contributed by atoms with E-state index >= 15 is 0 Å². The molecule has 2 rings (SSSR count). The third-order valence-electron chi connectivity index (χ3n) is 2.44. The van der Waals surface area contributed by atoms with Crippen molar-refractivity contribution in [3.63, 3.8) is 0 Å². The molecule has 0 amide bonds. The highest BCUT2D eigenvalue weighted by molar-refractivity contribution is 9.10. The average molecular weight is 317 g/mol. The molecule has 0 fully saturated rings. The molecule has 90 valence electrons. The lowest BCUT2D eigenvalue weighted by atomic mass is 10.1. The van der Waals surface area contributed by atoms with Gasteiger partial charge in [-0.25, -0.2) is 0 Å². The number of nitrogens with zero attached hydrogens (tertiary/aromatic N) is 3. The highest BCUT2D eigenvalue weighted by Gasteiger charge is 2.22. The SMILES string of the molecule is CCn1ncc(Br)c1C(O)c1ncccc1Cl. The number of hydrogen-bond donors (Lipinski definition) is 1. The van der Waals surface area contributed by atoms with Gasteiger partial charge in [0.1, 0.15) is 6.10 Å². The first-order chi connectivity index (χ1) is 8.15. The summed E-state index contributed by atoms with van der Waals surface area (Å²) in [6, 6.07) is 3.43. The third kappa shape index (κ3) is 2.36. The van der Waals surface area contributed by atoms with Gasteiger partial charge < -0.3 is 5.11 Å². The molecule has 2 aromatic rings. The molecule has 0 aromatic carbocycles. The van der Waals surface area contributed by atoms with Crippen LogP contribution in [0.4, 0.5) is 0 Å². The Labute approximate surface area is 112 Å². The zero-order valence-electron chi connectivity index (χ0n) is 9.14. The quantitative estimate of drug-likeness (QED) is 0.947. The Balaban J connectivity index is 2.47. The standard InChI is InChI=1S/C11H11BrClN3O/c1-2-16-10(7(12)6-15-16)11(17)9-8(13)4-3-5-14-9/h3-6,11,17H,2H2,1H3. The fourth-order valence-corrected chi connectivity index (χ4v) is 2.36. The van der Waals surface area contributed by atoms with Crippen LogP contribution in [0.25, 0.3) is 0 Å². The van der Waals surface area contributed by atoms with E-state index in [-0.39, 0.29) is 0 Å². The van der Waals surface area contributed by atoms with Crippen molar-refractivity contribution in [1.29, 1.82) is 0 Å². The minimum Gasteiger partial charge on any atom is -0.380 e. The number of hydrogen-bond acceptors (Lipinski definition) is 3. The molecule has 0 saturated carbocycles. The van der Waals surface area contributed by atoms with E-state index in [2.05, 4.69) is 26.0 Å². The van der Waals surface area contributed by atoms with Gasteiger partial charge in [-0.3, -0.25) is 9.67 Å². The van der Waals surface area contributed by atoms with Crippen LogP contribution in [0, 0.1) is 0 Å². The molecule has 2 aromatic heterocycles. The van der Waals surface area contributed by atoms with E-state index in [0.717, 1.165) is 4.47 Å². The van der Waals surface area contributed by atoms with Crippen molar-refractivity contribution < 1.29 is 5.11 Å². The number of rotatable bonds is 3. The Morgan fingerprint density at radius 3 is 3.00 bits per heavy atom. The van der Waals surface area contributed by atoms with Crippen LogP contribution in [0.5, 0.6) is 0 Å². The van der Waals surface area contributed by atoms with Crippen LogP contribution in [0.1, 0.15) is 24.4 Å². The molecular weight excluding hydrogens is 305 g/mol. The van der Waals surface area contributed by atoms with Crippen molar-refractivity contribution in [1.82, 2.24) is 14.8 Å². The summed E-state index contributed by atoms with van der Waals surface area (Å²) in [5, 5.41) is 14.9. The molecule has 0 saturated heterocycles. The predicted octanol–water partition coefficient (Wildman–Crippen LogP) is 2.80. The molecular formula is C11H11BrClN3O. The van der Waals surface area contributed by atoms with E-state index < -0.39 is 6.10 Å². The summed E-state index contributed by atoms with van der Waals surface area (Å²) >= 11 is 9.38. The predicted molar refractivity (Wildman–Crippen MR) is 68.9 cm³/mol. The lowest BCUT2D eigenvalue weighted by Gasteiger charge is -2.13. The van der Waals surface area contributed by atoms with Crippen molar-refractivity contribution in [3.8, 4) is 0 Å². The van der Waals surface area contributed by atoms with E-state index in [1.165, 1.54) is 0 Å². The first kappa shape index (κ1) is 12.5. The van der Waals surface area contributed by atoms with Crippen molar-refractivity contribution in [3.05, 3.63) is 45.4 Å². The van der Waals surface area contributed by atoms with Crippen LogP contribution in [-0.4, -0.2) is 19.9 Å². The van der Waals surface area contributed by atoms with Gasteiger partial charge in [0, 0.05) is 12.7 Å². The molecule has 2 heterocycles. The van der Waals surface area contributed by atoms with Crippen LogP contribution in [0.2, 0.25) is 5.02 Å². The van der Waals surface area contributed by atoms with E-state index in [1.807, 2.05) is 6.92 Å². The Kier molecular flexibility index (Phi) is 3.81. The van der Waals surface area contributed by atoms with Crippen molar-refractivity contribution in [2.45, 2.75) is 19.6 Å². The maximum Gasteiger partial charge on any atom is 0.140 e. The molecule has 0 aliphatic rings. The summed E-state index contributed by atoms with van der Waals surface area (Å²) in [5.74, 6) is 0. The topological polar surface area (TPSA) is 50.9 Å². The molecule has 1 unspecified atom stereocenters. The van der Waals surface area contributed by atoms with E-state index in [4.69, 9.17) is 11.6 Å². The zero-order valence-corrected chi connectivity index (χ0v) is 11.5. The maximum absolute atomic E-state index is 10.3. The lowest BCUT2D eigenvalue weighted by molar-refractivity contribution is 0.202. The molecule has 1 atom stereocenters. The molecule has 0 radical (unpaired) electrons. The van der Waals surface area contributed by atoms with Crippen LogP contribution in [0.15, 0.2) is 29.0 Å². The normalized spacial score (nSPS) is 12.7. The first-order valence-electron chi connectivity index (χ1n) is 5.14. The molecule has 4 nitrogen and oxygen atoms in total. The molecule has 0 spiro atoms. The summed E-state index contributed by atoms with van der Waals surface area (Å²) < 4.78 is 2.45. The van der Waals surface area contributed by atoms with E-state index in [0.29, 0.717) is 23.0 Å². The van der Waals surface area contributed by atoms with Crippen LogP contribution in [0.3, 0.4) is 0 Å². The number of halogens is 2. The Bertz CT molecular complexity index is 529. The lowest BCUT2D eigenvalue weighted by Crippen LogP contribution is -2.11. The van der Waals surface area contributed by atoms with Gasteiger partial charge in [-0.05, 0) is 35.0 Å². The highest BCUT2D eigenvalue weighted by atomic mass is 79.9. The minimum absolute atomic E-state index is 0.435. The average Bonchev–Trinajstić information content (AvgIpc) is 2.70. The van der Waals surface area contributed by atoms with Gasteiger partial charge in [-0.2, -0.15) is 5.10 Å². The van der Waals surface area contributed by atoms with Crippen molar-refractivity contribution in [2.24, 2.45) is 0 Å². The molecule has 0 aliphatic carbocycles. The Morgan fingerprint density at radius 2 is 2.35 bits per heavy atom. The highest BCUT2D eigenvalue weighted by Crippen LogP contribution is 2.30. The smallest absolute Gasteiger partial charge is 0.140 e. The molecule has 6 heteroatoms. The van der Waals surface area contributed by atoms with Gasteiger partial charge in [0.2, 0.25) is 0 Å². The summed E-state index contributed by atoms with van der Waals surface area (Å²) in [4.78, 5) is 4.11. The van der Waals surface area contributed by atoms with Gasteiger partial charge in [0.05, 0.1) is 27.1 Å². The van der Waals surface area contributed by atoms with Gasteiger partial charge >= 0.3 is 0 Å². The summed E-state index contributed by atoms with van der Waals surface area (Å²) in [6.45, 7) is 2.62. The van der Waals surface area contributed by atoms with Gasteiger partial charge in [-0.15, -0.1) is 0 Å². The second-order valence-electron chi connectivity index (χ2n) is 3.47. The largest absolute Gasteiger partial charge is 0.380 e. The fraction of sp³-hybridized carbons (Fsp3) is 0.273. The maximum atomic E-state index is 10.3. The van der Waals surface area contributed by atoms with Gasteiger partial charge in [0.25, 0.3) is 0 Å². The second-order valence-corrected chi connectivity index (χ2v) is 4.73. The summed E-state index contributed by atoms with van der Waals surface area (Å²) in [7, 11) is 0. The third-order valence-corrected chi connectivity index (χ3v) is 3.37. The van der Waals surface area contributed by atoms with Gasteiger partial charge in [-0.1, -0.05) is 11.6 Å². The molecule has 0 aliphatic heterocycles. The van der Waals surface area contributed by atoms with Gasteiger partial charge in [0.15, 0.2) is 0 Å². The Hall–Kier alpha value is -0.910. The fourth-order valence-electron chi connectivity index (χ4n) is 1.62.